The predicted octanol–water partition coefficient (Wildman–Crippen LogP) is 2.83. The monoisotopic (exact) mass is 381 g/mol. The molecule has 0 spiro atoms. The minimum atomic E-state index is -0.394. The van der Waals surface area contributed by atoms with E-state index in [1.165, 1.54) is 17.8 Å². The molecule has 0 radical (unpaired) electrons. The van der Waals surface area contributed by atoms with Crippen molar-refractivity contribution < 1.29 is 4.79 Å². The van der Waals surface area contributed by atoms with Crippen LogP contribution in [0, 0.1) is 6.92 Å². The van der Waals surface area contributed by atoms with Gasteiger partial charge < -0.3 is 16.8 Å². The van der Waals surface area contributed by atoms with Crippen LogP contribution in [-0.2, 0) is 4.79 Å². The largest absolute Gasteiger partial charge is 0.383 e. The number of benzene rings is 1. The molecule has 1 amide bonds. The van der Waals surface area contributed by atoms with Crippen molar-refractivity contribution >= 4 is 50.9 Å². The highest BCUT2D eigenvalue weighted by molar-refractivity contribution is 9.10. The highest BCUT2D eigenvalue weighted by Crippen LogP contribution is 2.26. The molecule has 0 saturated carbocycles. The van der Waals surface area contributed by atoms with Gasteiger partial charge in [0.25, 0.3) is 0 Å². The third kappa shape index (κ3) is 4.35. The molecule has 0 aliphatic heterocycles. The molecule has 8 heteroatoms. The van der Waals surface area contributed by atoms with E-state index in [4.69, 9.17) is 11.5 Å². The van der Waals surface area contributed by atoms with Gasteiger partial charge in [-0.3, -0.25) is 4.79 Å². The van der Waals surface area contributed by atoms with Crippen LogP contribution in [0.15, 0.2) is 33.9 Å². The second-order valence-corrected chi connectivity index (χ2v) is 6.90. The maximum Gasteiger partial charge on any atom is 0.237 e. The molecule has 1 heterocycles. The summed E-state index contributed by atoms with van der Waals surface area (Å²) >= 11 is 4.63. The van der Waals surface area contributed by atoms with Gasteiger partial charge in [-0.15, -0.1) is 0 Å². The summed E-state index contributed by atoms with van der Waals surface area (Å²) in [5.41, 5.74) is 13.1. The average molecular weight is 382 g/mol. The fraction of sp³-hybridized carbons (Fsp3) is 0.214. The summed E-state index contributed by atoms with van der Waals surface area (Å²) in [6.07, 6.45) is 0. The van der Waals surface area contributed by atoms with E-state index in [0.717, 1.165) is 15.7 Å². The lowest BCUT2D eigenvalue weighted by Crippen LogP contribution is -2.23. The topological polar surface area (TPSA) is 107 Å². The van der Waals surface area contributed by atoms with Crippen LogP contribution in [0.5, 0.6) is 0 Å². The van der Waals surface area contributed by atoms with Crippen LogP contribution >= 0.6 is 27.7 Å². The Kier molecular flexibility index (Phi) is 5.25. The highest BCUT2D eigenvalue weighted by atomic mass is 79.9. The Bertz CT molecular complexity index is 689. The van der Waals surface area contributed by atoms with E-state index in [-0.39, 0.29) is 17.5 Å². The fourth-order valence-electron chi connectivity index (χ4n) is 1.68. The van der Waals surface area contributed by atoms with Crippen molar-refractivity contribution in [1.29, 1.82) is 0 Å². The molecule has 1 aromatic carbocycles. The van der Waals surface area contributed by atoms with Gasteiger partial charge in [0.2, 0.25) is 5.91 Å². The first-order chi connectivity index (χ1) is 10.3. The third-order valence-corrected chi connectivity index (χ3v) is 4.40. The van der Waals surface area contributed by atoms with Crippen LogP contribution in [0.2, 0.25) is 0 Å². The van der Waals surface area contributed by atoms with Gasteiger partial charge in [0.1, 0.15) is 11.6 Å². The number of aryl methyl sites for hydroxylation is 1. The molecule has 116 valence electrons. The zero-order valence-electron chi connectivity index (χ0n) is 12.1. The number of amides is 1. The van der Waals surface area contributed by atoms with Crippen molar-refractivity contribution in [2.24, 2.45) is 0 Å². The lowest BCUT2D eigenvalue weighted by Gasteiger charge is -2.13. The smallest absolute Gasteiger partial charge is 0.237 e. The van der Waals surface area contributed by atoms with E-state index >= 15 is 0 Å². The van der Waals surface area contributed by atoms with Gasteiger partial charge in [0.15, 0.2) is 5.16 Å². The first-order valence-electron chi connectivity index (χ1n) is 6.49. The van der Waals surface area contributed by atoms with E-state index in [2.05, 4.69) is 31.2 Å². The van der Waals surface area contributed by atoms with Crippen molar-refractivity contribution in [3.63, 3.8) is 0 Å². The Morgan fingerprint density at radius 3 is 2.50 bits per heavy atom. The van der Waals surface area contributed by atoms with Gasteiger partial charge in [0, 0.05) is 10.5 Å². The van der Waals surface area contributed by atoms with Gasteiger partial charge in [0.05, 0.1) is 10.9 Å². The number of hydrogen-bond donors (Lipinski definition) is 3. The molecule has 0 saturated heterocycles. The Balaban J connectivity index is 2.05. The number of thioether (sulfide) groups is 1. The van der Waals surface area contributed by atoms with Crippen molar-refractivity contribution in [2.75, 3.05) is 16.8 Å². The van der Waals surface area contributed by atoms with Gasteiger partial charge in [-0.05, 0) is 47.5 Å². The van der Waals surface area contributed by atoms with E-state index in [0.29, 0.717) is 5.16 Å². The standard InChI is InChI=1S/C14H16BrN5OS/c1-7-3-4-10(9(15)5-7)18-13(21)8(2)22-14-19-11(16)6-12(17)20-14/h3-6,8H,1-2H3,(H,18,21)(H4,16,17,19,20)/t8-/m0/s1. The Morgan fingerprint density at radius 1 is 1.27 bits per heavy atom. The lowest BCUT2D eigenvalue weighted by atomic mass is 10.2. The van der Waals surface area contributed by atoms with Crippen LogP contribution in [0.1, 0.15) is 12.5 Å². The number of halogens is 1. The maximum atomic E-state index is 12.3. The summed E-state index contributed by atoms with van der Waals surface area (Å²) in [6, 6.07) is 7.19. The van der Waals surface area contributed by atoms with Gasteiger partial charge in [-0.2, -0.15) is 0 Å². The number of carbonyl (C=O) groups excluding carboxylic acids is 1. The summed E-state index contributed by atoms with van der Waals surface area (Å²) in [5, 5.41) is 2.85. The van der Waals surface area contributed by atoms with Crippen LogP contribution < -0.4 is 16.8 Å². The van der Waals surface area contributed by atoms with Crippen LogP contribution in [0.3, 0.4) is 0 Å². The average Bonchev–Trinajstić information content (AvgIpc) is 2.40. The molecule has 22 heavy (non-hydrogen) atoms. The number of aromatic nitrogens is 2. The molecule has 0 fully saturated rings. The molecule has 0 bridgehead atoms. The van der Waals surface area contributed by atoms with Crippen LogP contribution in [0.4, 0.5) is 17.3 Å². The summed E-state index contributed by atoms with van der Waals surface area (Å²) in [7, 11) is 0. The molecular weight excluding hydrogens is 366 g/mol. The number of nitrogens with one attached hydrogen (secondary N) is 1. The Hall–Kier alpha value is -1.80. The van der Waals surface area contributed by atoms with Crippen molar-refractivity contribution in [1.82, 2.24) is 9.97 Å². The third-order valence-electron chi connectivity index (χ3n) is 2.78. The molecule has 5 N–H and O–H groups in total. The number of carbonyl (C=O) groups is 1. The number of hydrogen-bond acceptors (Lipinski definition) is 6. The quantitative estimate of drug-likeness (QED) is 0.555. The summed E-state index contributed by atoms with van der Waals surface area (Å²) in [5.74, 6) is 0.409. The number of nitrogen functional groups attached to an aromatic ring is 2. The molecule has 0 unspecified atom stereocenters. The maximum absolute atomic E-state index is 12.3. The van der Waals surface area contributed by atoms with Gasteiger partial charge in [-0.1, -0.05) is 17.8 Å². The van der Waals surface area contributed by atoms with Crippen molar-refractivity contribution in [3.8, 4) is 0 Å². The van der Waals surface area contributed by atoms with Crippen molar-refractivity contribution in [3.05, 3.63) is 34.3 Å². The minimum absolute atomic E-state index is 0.154. The minimum Gasteiger partial charge on any atom is -0.383 e. The summed E-state index contributed by atoms with van der Waals surface area (Å²) in [6.45, 7) is 3.75. The van der Waals surface area contributed by atoms with E-state index in [1.54, 1.807) is 6.92 Å². The van der Waals surface area contributed by atoms with E-state index in [1.807, 2.05) is 25.1 Å². The second-order valence-electron chi connectivity index (χ2n) is 4.73. The zero-order valence-corrected chi connectivity index (χ0v) is 14.5. The van der Waals surface area contributed by atoms with Crippen LogP contribution in [0.25, 0.3) is 0 Å². The zero-order chi connectivity index (χ0) is 16.3. The number of nitrogens with two attached hydrogens (primary N) is 2. The molecule has 1 atom stereocenters. The van der Waals surface area contributed by atoms with E-state index in [9.17, 15) is 4.79 Å². The second kappa shape index (κ2) is 6.97. The first-order valence-corrected chi connectivity index (χ1v) is 8.16. The predicted molar refractivity (Wildman–Crippen MR) is 93.7 cm³/mol. The molecule has 1 aromatic heterocycles. The SMILES string of the molecule is Cc1ccc(NC(=O)[C@H](C)Sc2nc(N)cc(N)n2)c(Br)c1. The summed E-state index contributed by atoms with van der Waals surface area (Å²) in [4.78, 5) is 20.4. The van der Waals surface area contributed by atoms with Gasteiger partial charge >= 0.3 is 0 Å². The molecular formula is C14H16BrN5OS. The molecule has 2 rings (SSSR count). The molecule has 0 aliphatic carbocycles. The Morgan fingerprint density at radius 2 is 1.91 bits per heavy atom. The number of rotatable bonds is 4. The van der Waals surface area contributed by atoms with Gasteiger partial charge in [-0.25, -0.2) is 9.97 Å². The number of anilines is 3. The first kappa shape index (κ1) is 16.6. The normalized spacial score (nSPS) is 12.0. The molecule has 2 aromatic rings. The lowest BCUT2D eigenvalue weighted by molar-refractivity contribution is -0.115. The molecule has 6 nitrogen and oxygen atoms in total. The van der Waals surface area contributed by atoms with E-state index < -0.39 is 5.25 Å². The number of nitrogens with zero attached hydrogens (tertiary/aromatic N) is 2. The molecule has 0 aliphatic rings. The highest BCUT2D eigenvalue weighted by Gasteiger charge is 2.17. The van der Waals surface area contributed by atoms with Crippen molar-refractivity contribution in [2.45, 2.75) is 24.3 Å². The van der Waals surface area contributed by atoms with Crippen LogP contribution in [-0.4, -0.2) is 21.1 Å². The fourth-order valence-corrected chi connectivity index (χ4v) is 3.07. The Labute approximate surface area is 141 Å². The summed E-state index contributed by atoms with van der Waals surface area (Å²) < 4.78 is 0.836.